The van der Waals surface area contributed by atoms with Gasteiger partial charge < -0.3 is 10.6 Å². The van der Waals surface area contributed by atoms with E-state index in [1.807, 2.05) is 12.1 Å². The fourth-order valence-electron chi connectivity index (χ4n) is 3.65. The maximum Gasteiger partial charge on any atom is 0.323 e. The summed E-state index contributed by atoms with van der Waals surface area (Å²) < 4.78 is 13.3. The SMILES string of the molecule is NNC(=O)CN1CCN(Cc2csc(-c3ccc(NC(=O)Nc4cccc(F)c4)cc3)n2)CC1. The topological polar surface area (TPSA) is 116 Å². The third-order valence-corrected chi connectivity index (χ3v) is 6.34. The molecule has 2 heterocycles. The number of hydrazine groups is 1. The van der Waals surface area contributed by atoms with Crippen LogP contribution in [-0.2, 0) is 11.3 Å². The van der Waals surface area contributed by atoms with Gasteiger partial charge in [-0.1, -0.05) is 6.07 Å². The van der Waals surface area contributed by atoms with Crippen LogP contribution in [0.2, 0.25) is 0 Å². The van der Waals surface area contributed by atoms with E-state index in [9.17, 15) is 14.0 Å². The molecule has 0 saturated carbocycles. The summed E-state index contributed by atoms with van der Waals surface area (Å²) in [6, 6.07) is 12.7. The Morgan fingerprint density at radius 3 is 2.41 bits per heavy atom. The molecule has 1 aliphatic rings. The second-order valence-electron chi connectivity index (χ2n) is 7.93. The molecule has 34 heavy (non-hydrogen) atoms. The van der Waals surface area contributed by atoms with E-state index in [2.05, 4.69) is 31.2 Å². The highest BCUT2D eigenvalue weighted by Crippen LogP contribution is 2.26. The Balaban J connectivity index is 1.27. The van der Waals surface area contributed by atoms with Crippen molar-refractivity contribution < 1.29 is 14.0 Å². The number of carbonyl (C=O) groups is 2. The molecule has 0 atom stereocenters. The summed E-state index contributed by atoms with van der Waals surface area (Å²) in [4.78, 5) is 32.7. The van der Waals surface area contributed by atoms with Crippen LogP contribution in [0.3, 0.4) is 0 Å². The van der Waals surface area contributed by atoms with Crippen LogP contribution in [0.1, 0.15) is 5.69 Å². The lowest BCUT2D eigenvalue weighted by Gasteiger charge is -2.33. The van der Waals surface area contributed by atoms with Gasteiger partial charge in [0.2, 0.25) is 5.91 Å². The summed E-state index contributed by atoms with van der Waals surface area (Å²) in [5.41, 5.74) is 5.14. The molecule has 5 N–H and O–H groups in total. The molecule has 3 aromatic rings. The fourth-order valence-corrected chi connectivity index (χ4v) is 4.47. The molecule has 4 rings (SSSR count). The molecule has 0 aliphatic carbocycles. The van der Waals surface area contributed by atoms with Crippen molar-refractivity contribution in [3.05, 3.63) is 65.4 Å². The van der Waals surface area contributed by atoms with Crippen molar-refractivity contribution in [2.24, 2.45) is 5.84 Å². The molecule has 1 saturated heterocycles. The number of benzene rings is 2. The molecule has 1 aromatic heterocycles. The molecule has 1 aliphatic heterocycles. The van der Waals surface area contributed by atoms with Gasteiger partial charge in [-0.15, -0.1) is 11.3 Å². The normalized spacial score (nSPS) is 14.5. The summed E-state index contributed by atoms with van der Waals surface area (Å²) >= 11 is 1.58. The van der Waals surface area contributed by atoms with Crippen molar-refractivity contribution in [1.82, 2.24) is 20.2 Å². The van der Waals surface area contributed by atoms with Crippen molar-refractivity contribution in [2.45, 2.75) is 6.54 Å². The lowest BCUT2D eigenvalue weighted by molar-refractivity contribution is -0.122. The highest BCUT2D eigenvalue weighted by molar-refractivity contribution is 7.13. The minimum Gasteiger partial charge on any atom is -0.308 e. The van der Waals surface area contributed by atoms with Crippen LogP contribution in [-0.4, -0.2) is 59.4 Å². The fraction of sp³-hybridized carbons (Fsp3) is 0.261. The van der Waals surface area contributed by atoms with Crippen molar-refractivity contribution in [3.63, 3.8) is 0 Å². The molecule has 9 nitrogen and oxygen atoms in total. The molecule has 0 bridgehead atoms. The Bertz CT molecular complexity index is 1130. The summed E-state index contributed by atoms with van der Waals surface area (Å²) in [5, 5.41) is 8.30. The molecule has 1 fully saturated rings. The van der Waals surface area contributed by atoms with Crippen LogP contribution in [0.4, 0.5) is 20.6 Å². The number of piperazine rings is 1. The van der Waals surface area contributed by atoms with Crippen LogP contribution in [0.5, 0.6) is 0 Å². The second kappa shape index (κ2) is 11.2. The van der Waals surface area contributed by atoms with E-state index < -0.39 is 11.8 Å². The second-order valence-corrected chi connectivity index (χ2v) is 8.79. The van der Waals surface area contributed by atoms with Gasteiger partial charge >= 0.3 is 6.03 Å². The van der Waals surface area contributed by atoms with Gasteiger partial charge in [-0.05, 0) is 42.5 Å². The number of amides is 3. The van der Waals surface area contributed by atoms with E-state index in [4.69, 9.17) is 10.8 Å². The van der Waals surface area contributed by atoms with Crippen LogP contribution >= 0.6 is 11.3 Å². The summed E-state index contributed by atoms with van der Waals surface area (Å²) in [6.07, 6.45) is 0. The third kappa shape index (κ3) is 6.58. The average Bonchev–Trinajstić information content (AvgIpc) is 3.29. The number of nitrogens with two attached hydrogens (primary N) is 1. The standard InChI is InChI=1S/C23H26FN7O2S/c24-17-2-1-3-19(12-17)28-23(33)27-18-6-4-16(5-7-18)22-26-20(15-34-22)13-30-8-10-31(11-9-30)14-21(32)29-25/h1-7,12,15H,8-11,13-14,25H2,(H,29,32)(H2,27,28,33). The third-order valence-electron chi connectivity index (χ3n) is 5.40. The molecule has 178 valence electrons. The largest absolute Gasteiger partial charge is 0.323 e. The van der Waals surface area contributed by atoms with Gasteiger partial charge in [0, 0.05) is 55.0 Å². The molecular formula is C23H26FN7O2S. The number of nitrogens with zero attached hydrogens (tertiary/aromatic N) is 3. The first-order valence-electron chi connectivity index (χ1n) is 10.8. The molecule has 0 radical (unpaired) electrons. The molecule has 0 unspecified atom stereocenters. The Morgan fingerprint density at radius 1 is 1.00 bits per heavy atom. The first kappa shape index (κ1) is 23.8. The van der Waals surface area contributed by atoms with Crippen LogP contribution in [0, 0.1) is 5.82 Å². The number of aromatic nitrogens is 1. The first-order valence-corrected chi connectivity index (χ1v) is 11.7. The van der Waals surface area contributed by atoms with E-state index in [0.717, 1.165) is 49.0 Å². The number of thiazole rings is 1. The maximum atomic E-state index is 13.3. The summed E-state index contributed by atoms with van der Waals surface area (Å²) in [6.45, 7) is 4.43. The first-order chi connectivity index (χ1) is 16.5. The smallest absolute Gasteiger partial charge is 0.308 e. The van der Waals surface area contributed by atoms with E-state index in [0.29, 0.717) is 17.9 Å². The van der Waals surface area contributed by atoms with Gasteiger partial charge in [0.25, 0.3) is 0 Å². The number of urea groups is 1. The Labute approximate surface area is 200 Å². The number of hydrogen-bond donors (Lipinski definition) is 4. The number of nitrogens with one attached hydrogen (secondary N) is 3. The number of anilines is 2. The summed E-state index contributed by atoms with van der Waals surface area (Å²) in [7, 11) is 0. The van der Waals surface area contributed by atoms with Gasteiger partial charge in [0.05, 0.1) is 12.2 Å². The van der Waals surface area contributed by atoms with Crippen molar-refractivity contribution >= 4 is 34.6 Å². The Hall–Kier alpha value is -3.38. The van der Waals surface area contributed by atoms with E-state index in [-0.39, 0.29) is 5.91 Å². The van der Waals surface area contributed by atoms with Crippen LogP contribution in [0.25, 0.3) is 10.6 Å². The van der Waals surface area contributed by atoms with Crippen LogP contribution < -0.4 is 21.9 Å². The average molecular weight is 484 g/mol. The molecule has 2 aromatic carbocycles. The van der Waals surface area contributed by atoms with E-state index in [1.165, 1.54) is 18.2 Å². The minimum atomic E-state index is -0.446. The lowest BCUT2D eigenvalue weighted by Crippen LogP contribution is -2.49. The molecule has 0 spiro atoms. The lowest BCUT2D eigenvalue weighted by atomic mass is 10.2. The zero-order chi connectivity index (χ0) is 23.9. The van der Waals surface area contributed by atoms with Crippen LogP contribution in [0.15, 0.2) is 53.9 Å². The molecular weight excluding hydrogens is 457 g/mol. The predicted octanol–water partition coefficient (Wildman–Crippen LogP) is 2.70. The number of carbonyl (C=O) groups excluding carboxylic acids is 2. The Kier molecular flexibility index (Phi) is 7.80. The van der Waals surface area contributed by atoms with E-state index >= 15 is 0 Å². The zero-order valence-corrected chi connectivity index (χ0v) is 19.3. The molecule has 3 amide bonds. The highest BCUT2D eigenvalue weighted by Gasteiger charge is 2.19. The van der Waals surface area contributed by atoms with Crippen molar-refractivity contribution in [1.29, 1.82) is 0 Å². The quantitative estimate of drug-likeness (QED) is 0.233. The van der Waals surface area contributed by atoms with Gasteiger partial charge in [0.15, 0.2) is 0 Å². The highest BCUT2D eigenvalue weighted by atomic mass is 32.1. The predicted molar refractivity (Wildman–Crippen MR) is 131 cm³/mol. The van der Waals surface area contributed by atoms with Gasteiger partial charge in [0.1, 0.15) is 10.8 Å². The van der Waals surface area contributed by atoms with Gasteiger partial charge in [-0.3, -0.25) is 20.0 Å². The zero-order valence-electron chi connectivity index (χ0n) is 18.5. The van der Waals surface area contributed by atoms with Gasteiger partial charge in [-0.25, -0.2) is 20.0 Å². The summed E-state index contributed by atoms with van der Waals surface area (Å²) in [5.74, 6) is 4.57. The minimum absolute atomic E-state index is 0.175. The number of halogens is 1. The monoisotopic (exact) mass is 483 g/mol. The molecule has 11 heteroatoms. The maximum absolute atomic E-state index is 13.3. The van der Waals surface area contributed by atoms with Crippen molar-refractivity contribution in [3.8, 4) is 10.6 Å². The van der Waals surface area contributed by atoms with Gasteiger partial charge in [-0.2, -0.15) is 0 Å². The Morgan fingerprint density at radius 2 is 1.71 bits per heavy atom. The van der Waals surface area contributed by atoms with Crippen molar-refractivity contribution in [2.75, 3.05) is 43.4 Å². The number of hydrogen-bond acceptors (Lipinski definition) is 7. The van der Waals surface area contributed by atoms with E-state index in [1.54, 1.807) is 29.5 Å². The number of rotatable bonds is 7.